The van der Waals surface area contributed by atoms with Gasteiger partial charge in [-0.3, -0.25) is 4.57 Å². The van der Waals surface area contributed by atoms with Gasteiger partial charge in [-0.05, 0) is 67.8 Å². The number of halogens is 1. The first-order valence-electron chi connectivity index (χ1n) is 8.70. The summed E-state index contributed by atoms with van der Waals surface area (Å²) in [5.74, 6) is 1.55. The summed E-state index contributed by atoms with van der Waals surface area (Å²) in [7, 11) is 0. The fraction of sp³-hybridized carbons (Fsp3) is 0.556. The van der Waals surface area contributed by atoms with E-state index < -0.39 is 0 Å². The van der Waals surface area contributed by atoms with Crippen molar-refractivity contribution < 1.29 is 4.74 Å². The highest BCUT2D eigenvalue weighted by atomic mass is 35.5. The van der Waals surface area contributed by atoms with Gasteiger partial charge in [-0.1, -0.05) is 0 Å². The summed E-state index contributed by atoms with van der Waals surface area (Å²) in [5.41, 5.74) is 1.46. The van der Waals surface area contributed by atoms with Gasteiger partial charge < -0.3 is 10.1 Å². The van der Waals surface area contributed by atoms with E-state index in [1.54, 1.807) is 12.7 Å². The van der Waals surface area contributed by atoms with Crippen molar-refractivity contribution in [2.45, 2.75) is 31.1 Å². The molecule has 1 aromatic heterocycles. The number of nitrogens with zero attached hydrogens (tertiary/aromatic N) is 3. The van der Waals surface area contributed by atoms with Gasteiger partial charge in [0, 0.05) is 17.6 Å². The van der Waals surface area contributed by atoms with Crippen LogP contribution in [0.1, 0.15) is 25.7 Å². The predicted octanol–water partition coefficient (Wildman–Crippen LogP) is 3.03. The van der Waals surface area contributed by atoms with E-state index in [9.17, 15) is 0 Å². The normalized spacial score (nSPS) is 25.4. The molecule has 4 rings (SSSR count). The van der Waals surface area contributed by atoms with Crippen molar-refractivity contribution in [1.82, 2.24) is 20.1 Å². The molecule has 24 heavy (non-hydrogen) atoms. The Kier molecular flexibility index (Phi) is 4.46. The predicted molar refractivity (Wildman–Crippen MR) is 93.8 cm³/mol. The van der Waals surface area contributed by atoms with Crippen molar-refractivity contribution >= 4 is 11.6 Å². The number of alkyl halides is 1. The van der Waals surface area contributed by atoms with Gasteiger partial charge in [0.25, 0.3) is 0 Å². The first-order valence-corrected chi connectivity index (χ1v) is 9.13. The van der Waals surface area contributed by atoms with Gasteiger partial charge in [0.15, 0.2) is 0 Å². The average molecular weight is 347 g/mol. The van der Waals surface area contributed by atoms with Crippen LogP contribution in [0.15, 0.2) is 36.9 Å². The third-order valence-corrected chi connectivity index (χ3v) is 5.97. The van der Waals surface area contributed by atoms with Crippen molar-refractivity contribution in [1.29, 1.82) is 0 Å². The highest BCUT2D eigenvalue weighted by molar-refractivity contribution is 6.21. The summed E-state index contributed by atoms with van der Waals surface area (Å²) in [5, 5.41) is 11.3. The first kappa shape index (κ1) is 15.9. The lowest BCUT2D eigenvalue weighted by Crippen LogP contribution is -2.41. The number of aromatic nitrogens is 3. The van der Waals surface area contributed by atoms with Crippen molar-refractivity contribution in [2.75, 3.05) is 19.7 Å². The molecule has 0 spiro atoms. The molecular formula is C18H23ClN4O. The van der Waals surface area contributed by atoms with Crippen LogP contribution in [0.25, 0.3) is 5.69 Å². The smallest absolute Gasteiger partial charge is 0.123 e. The minimum atomic E-state index is 0.268. The summed E-state index contributed by atoms with van der Waals surface area (Å²) in [4.78, 5) is 0. The number of rotatable bonds is 6. The molecular weight excluding hydrogens is 324 g/mol. The summed E-state index contributed by atoms with van der Waals surface area (Å²) < 4.78 is 7.86. The van der Waals surface area contributed by atoms with Crippen LogP contribution in [0.4, 0.5) is 0 Å². The van der Waals surface area contributed by atoms with Crippen LogP contribution in [-0.4, -0.2) is 39.8 Å². The van der Waals surface area contributed by atoms with Crippen LogP contribution in [-0.2, 0) is 0 Å². The van der Waals surface area contributed by atoms with Crippen molar-refractivity contribution in [3.8, 4) is 11.4 Å². The third-order valence-electron chi connectivity index (χ3n) is 5.51. The molecule has 0 bridgehead atoms. The van der Waals surface area contributed by atoms with Crippen LogP contribution in [0.2, 0.25) is 0 Å². The summed E-state index contributed by atoms with van der Waals surface area (Å²) in [6.07, 6.45) is 8.28. The summed E-state index contributed by atoms with van der Waals surface area (Å²) >= 11 is 6.55. The van der Waals surface area contributed by atoms with E-state index in [0.29, 0.717) is 11.3 Å². The van der Waals surface area contributed by atoms with Gasteiger partial charge in [0.05, 0.1) is 6.61 Å². The molecule has 2 aromatic rings. The molecule has 2 aliphatic rings. The molecule has 1 N–H and O–H groups in total. The van der Waals surface area contributed by atoms with E-state index in [0.717, 1.165) is 37.6 Å². The number of ether oxygens (including phenoxy) is 1. The lowest BCUT2D eigenvalue weighted by Gasteiger charge is -2.34. The summed E-state index contributed by atoms with van der Waals surface area (Å²) in [6.45, 7) is 2.81. The fourth-order valence-electron chi connectivity index (χ4n) is 3.90. The Labute approximate surface area is 147 Å². The molecule has 1 saturated heterocycles. The van der Waals surface area contributed by atoms with Crippen molar-refractivity contribution in [3.63, 3.8) is 0 Å². The first-order chi connectivity index (χ1) is 11.8. The van der Waals surface area contributed by atoms with Gasteiger partial charge in [-0.15, -0.1) is 21.8 Å². The molecule has 1 saturated carbocycles. The van der Waals surface area contributed by atoms with Crippen LogP contribution in [0.5, 0.6) is 5.75 Å². The Morgan fingerprint density at radius 3 is 2.62 bits per heavy atom. The fourth-order valence-corrected chi connectivity index (χ4v) is 4.40. The van der Waals surface area contributed by atoms with Crippen LogP contribution in [0, 0.1) is 11.3 Å². The van der Waals surface area contributed by atoms with E-state index in [1.807, 2.05) is 28.8 Å². The second-order valence-corrected chi connectivity index (χ2v) is 7.50. The molecule has 0 amide bonds. The molecule has 6 heteroatoms. The maximum atomic E-state index is 6.55. The van der Waals surface area contributed by atoms with Crippen molar-refractivity contribution in [2.24, 2.45) is 11.3 Å². The number of nitrogens with one attached hydrogen (secondary N) is 1. The molecule has 0 radical (unpaired) electrons. The molecule has 2 atom stereocenters. The second kappa shape index (κ2) is 6.73. The summed E-state index contributed by atoms with van der Waals surface area (Å²) in [6, 6.07) is 8.05. The zero-order chi connectivity index (χ0) is 16.4. The molecule has 5 nitrogen and oxygen atoms in total. The Hall–Kier alpha value is -1.59. The van der Waals surface area contributed by atoms with E-state index in [1.165, 1.54) is 19.3 Å². The van der Waals surface area contributed by atoms with E-state index in [4.69, 9.17) is 16.3 Å². The number of piperidine rings is 1. The Morgan fingerprint density at radius 1 is 1.21 bits per heavy atom. The van der Waals surface area contributed by atoms with Gasteiger partial charge in [-0.2, -0.15) is 0 Å². The van der Waals surface area contributed by atoms with Crippen LogP contribution >= 0.6 is 11.6 Å². The van der Waals surface area contributed by atoms with E-state index >= 15 is 0 Å². The molecule has 1 aromatic carbocycles. The van der Waals surface area contributed by atoms with Crippen molar-refractivity contribution in [3.05, 3.63) is 36.9 Å². The molecule has 2 unspecified atom stereocenters. The quantitative estimate of drug-likeness (QED) is 0.817. The molecule has 2 fully saturated rings. The SMILES string of the molecule is ClC1CNCCC1C1(CCOc2ccc(-n3cnnc3)cc2)CC1. The van der Waals surface area contributed by atoms with Crippen LogP contribution in [0.3, 0.4) is 0 Å². The topological polar surface area (TPSA) is 52.0 Å². The largest absolute Gasteiger partial charge is 0.494 e. The van der Waals surface area contributed by atoms with Gasteiger partial charge >= 0.3 is 0 Å². The second-order valence-electron chi connectivity index (χ2n) is 6.94. The zero-order valence-electron chi connectivity index (χ0n) is 13.7. The van der Waals surface area contributed by atoms with E-state index in [2.05, 4.69) is 15.5 Å². The highest BCUT2D eigenvalue weighted by Crippen LogP contribution is 2.58. The monoisotopic (exact) mass is 346 g/mol. The third kappa shape index (κ3) is 3.28. The molecule has 1 aliphatic heterocycles. The Balaban J connectivity index is 1.31. The van der Waals surface area contributed by atoms with Crippen LogP contribution < -0.4 is 10.1 Å². The minimum absolute atomic E-state index is 0.268. The minimum Gasteiger partial charge on any atom is -0.494 e. The number of hydrogen-bond acceptors (Lipinski definition) is 4. The maximum Gasteiger partial charge on any atom is 0.123 e. The van der Waals surface area contributed by atoms with E-state index in [-0.39, 0.29) is 5.38 Å². The Bertz CT molecular complexity index is 654. The number of benzene rings is 1. The lowest BCUT2D eigenvalue weighted by molar-refractivity contribution is 0.188. The zero-order valence-corrected chi connectivity index (χ0v) is 14.5. The van der Waals surface area contributed by atoms with Gasteiger partial charge in [0.2, 0.25) is 0 Å². The molecule has 1 aliphatic carbocycles. The highest BCUT2D eigenvalue weighted by Gasteiger charge is 2.51. The molecule has 2 heterocycles. The molecule has 128 valence electrons. The lowest BCUT2D eigenvalue weighted by atomic mass is 9.80. The Morgan fingerprint density at radius 2 is 1.96 bits per heavy atom. The number of hydrogen-bond donors (Lipinski definition) is 1. The maximum absolute atomic E-state index is 6.55. The van der Waals surface area contributed by atoms with Gasteiger partial charge in [0.1, 0.15) is 18.4 Å². The standard InChI is InChI=1S/C18H23ClN4O/c19-17-11-20-9-5-16(17)18(6-7-18)8-10-24-15-3-1-14(2-4-15)23-12-21-22-13-23/h1-4,12-13,16-17,20H,5-11H2. The van der Waals surface area contributed by atoms with Gasteiger partial charge in [-0.25, -0.2) is 0 Å². The average Bonchev–Trinajstić information content (AvgIpc) is 3.18.